The Bertz CT molecular complexity index is 777. The van der Waals surface area contributed by atoms with Gasteiger partial charge in [0.25, 0.3) is 5.91 Å². The van der Waals surface area contributed by atoms with Gasteiger partial charge >= 0.3 is 12.3 Å². The van der Waals surface area contributed by atoms with Gasteiger partial charge in [0.05, 0.1) is 17.2 Å². The predicted molar refractivity (Wildman–Crippen MR) is 97.4 cm³/mol. The van der Waals surface area contributed by atoms with Gasteiger partial charge in [0, 0.05) is 24.6 Å². The van der Waals surface area contributed by atoms with E-state index in [9.17, 15) is 27.2 Å². The fourth-order valence-electron chi connectivity index (χ4n) is 2.85. The second kappa shape index (κ2) is 7.88. The first-order valence-corrected chi connectivity index (χ1v) is 9.32. The number of carbonyl (C=O) groups excluding carboxylic acids is 2. The predicted octanol–water partition coefficient (Wildman–Crippen LogP) is 4.69. The minimum Gasteiger partial charge on any atom is -0.444 e. The first kappa shape index (κ1) is 22.4. The third kappa shape index (κ3) is 4.95. The third-order valence-corrected chi connectivity index (χ3v) is 4.95. The molecule has 28 heavy (non-hydrogen) atoms. The van der Waals surface area contributed by atoms with Gasteiger partial charge in [-0.25, -0.2) is 9.18 Å². The summed E-state index contributed by atoms with van der Waals surface area (Å²) < 4.78 is 58.5. The Labute approximate surface area is 168 Å². The summed E-state index contributed by atoms with van der Waals surface area (Å²) in [5.74, 6) is -2.48. The van der Waals surface area contributed by atoms with Crippen molar-refractivity contribution in [3.63, 3.8) is 0 Å². The van der Waals surface area contributed by atoms with E-state index in [0.717, 1.165) is 6.07 Å². The van der Waals surface area contributed by atoms with Gasteiger partial charge in [0.1, 0.15) is 11.4 Å². The number of alkyl halides is 3. The number of likely N-dealkylation sites (N-methyl/N-ethyl adjacent to an activating group) is 1. The van der Waals surface area contributed by atoms with E-state index in [2.05, 4.69) is 15.9 Å². The second-order valence-corrected chi connectivity index (χ2v) is 8.42. The lowest BCUT2D eigenvalue weighted by Gasteiger charge is -2.28. The van der Waals surface area contributed by atoms with Crippen LogP contribution >= 0.6 is 15.9 Å². The number of hydrogen-bond acceptors (Lipinski definition) is 3. The lowest BCUT2D eigenvalue weighted by atomic mass is 10.1. The summed E-state index contributed by atoms with van der Waals surface area (Å²) in [6.07, 6.45) is -5.08. The largest absolute Gasteiger partial charge is 0.444 e. The molecule has 0 aliphatic carbocycles. The molecule has 1 aromatic rings. The Morgan fingerprint density at radius 1 is 1.25 bits per heavy atom. The molecule has 1 aliphatic heterocycles. The summed E-state index contributed by atoms with van der Waals surface area (Å²) in [6.45, 7) is 5.40. The molecule has 1 aliphatic rings. The molecule has 1 atom stereocenters. The standard InChI is InChI=1S/C18H21BrF4N2O3/c1-17(2,3)28-16(27)24(4)10-7-8-25(9-10)15(26)13-12(19)6-5-11(14(13)20)18(21,22)23/h5-6,10H,7-9H2,1-4H3. The van der Waals surface area contributed by atoms with Crippen molar-refractivity contribution in [3.05, 3.63) is 33.5 Å². The lowest BCUT2D eigenvalue weighted by Crippen LogP contribution is -2.42. The molecule has 1 fully saturated rings. The molecule has 2 rings (SSSR count). The van der Waals surface area contributed by atoms with Gasteiger partial charge in [-0.15, -0.1) is 0 Å². The number of carbonyl (C=O) groups is 2. The molecule has 0 aromatic heterocycles. The van der Waals surface area contributed by atoms with Crippen LogP contribution in [0.25, 0.3) is 0 Å². The number of halogens is 5. The van der Waals surface area contributed by atoms with Gasteiger partial charge in [0.15, 0.2) is 0 Å². The van der Waals surface area contributed by atoms with Gasteiger partial charge in [-0.3, -0.25) is 4.79 Å². The van der Waals surface area contributed by atoms with Crippen molar-refractivity contribution < 1.29 is 31.9 Å². The molecule has 0 saturated carbocycles. The summed E-state index contributed by atoms with van der Waals surface area (Å²) in [7, 11) is 1.52. The van der Waals surface area contributed by atoms with Gasteiger partial charge in [-0.05, 0) is 55.3 Å². The fraction of sp³-hybridized carbons (Fsp3) is 0.556. The molecule has 0 bridgehead atoms. The SMILES string of the molecule is CN(C(=O)OC(C)(C)C)C1CCN(C(=O)c2c(Br)ccc(C(F)(F)F)c2F)C1. The molecular formula is C18H21BrF4N2O3. The number of hydrogen-bond donors (Lipinski definition) is 0. The van der Waals surface area contributed by atoms with Crippen molar-refractivity contribution >= 4 is 27.9 Å². The average Bonchev–Trinajstić information content (AvgIpc) is 3.00. The lowest BCUT2D eigenvalue weighted by molar-refractivity contribution is -0.140. The highest BCUT2D eigenvalue weighted by molar-refractivity contribution is 9.10. The van der Waals surface area contributed by atoms with E-state index < -0.39 is 40.7 Å². The molecule has 5 nitrogen and oxygen atoms in total. The molecule has 2 amide bonds. The number of amides is 2. The van der Waals surface area contributed by atoms with E-state index in [0.29, 0.717) is 12.5 Å². The number of nitrogens with zero attached hydrogens (tertiary/aromatic N) is 2. The smallest absolute Gasteiger partial charge is 0.419 e. The monoisotopic (exact) mass is 468 g/mol. The van der Waals surface area contributed by atoms with Crippen LogP contribution in [0.4, 0.5) is 22.4 Å². The number of likely N-dealkylation sites (tertiary alicyclic amines) is 1. The van der Waals surface area contributed by atoms with E-state index >= 15 is 0 Å². The normalized spacial score (nSPS) is 17.6. The third-order valence-electron chi connectivity index (χ3n) is 4.29. The van der Waals surface area contributed by atoms with E-state index in [1.54, 1.807) is 20.8 Å². The van der Waals surface area contributed by atoms with Crippen molar-refractivity contribution in [3.8, 4) is 0 Å². The minimum absolute atomic E-state index is 0.0630. The van der Waals surface area contributed by atoms with Crippen LogP contribution in [0, 0.1) is 5.82 Å². The maximum Gasteiger partial charge on any atom is 0.419 e. The number of rotatable bonds is 2. The Hall–Kier alpha value is -1.84. The minimum atomic E-state index is -4.91. The van der Waals surface area contributed by atoms with Gasteiger partial charge < -0.3 is 14.5 Å². The highest BCUT2D eigenvalue weighted by atomic mass is 79.9. The van der Waals surface area contributed by atoms with Crippen LogP contribution in [0.2, 0.25) is 0 Å². The Morgan fingerprint density at radius 2 is 1.86 bits per heavy atom. The molecule has 10 heteroatoms. The maximum absolute atomic E-state index is 14.4. The fourth-order valence-corrected chi connectivity index (χ4v) is 3.33. The van der Waals surface area contributed by atoms with Crippen molar-refractivity contribution in [2.24, 2.45) is 0 Å². The van der Waals surface area contributed by atoms with Crippen LogP contribution in [0.15, 0.2) is 16.6 Å². The molecule has 0 spiro atoms. The summed E-state index contributed by atoms with van der Waals surface area (Å²) in [6, 6.07) is 1.20. The summed E-state index contributed by atoms with van der Waals surface area (Å²) in [5.41, 5.74) is -2.86. The van der Waals surface area contributed by atoms with Crippen LogP contribution in [0.1, 0.15) is 43.1 Å². The first-order valence-electron chi connectivity index (χ1n) is 8.52. The number of benzene rings is 1. The average molecular weight is 469 g/mol. The second-order valence-electron chi connectivity index (χ2n) is 7.57. The van der Waals surface area contributed by atoms with E-state index in [1.165, 1.54) is 16.8 Å². The Balaban J connectivity index is 2.19. The quantitative estimate of drug-likeness (QED) is 0.591. The van der Waals surface area contributed by atoms with Crippen molar-refractivity contribution in [1.29, 1.82) is 0 Å². The van der Waals surface area contributed by atoms with Crippen LogP contribution in [0.3, 0.4) is 0 Å². The maximum atomic E-state index is 14.4. The molecule has 1 heterocycles. The van der Waals surface area contributed by atoms with Crippen molar-refractivity contribution in [1.82, 2.24) is 9.80 Å². The molecule has 1 aromatic carbocycles. The number of ether oxygens (including phenoxy) is 1. The summed E-state index contributed by atoms with van der Waals surface area (Å²) in [4.78, 5) is 27.4. The van der Waals surface area contributed by atoms with E-state index in [-0.39, 0.29) is 23.6 Å². The Morgan fingerprint density at radius 3 is 2.39 bits per heavy atom. The molecule has 156 valence electrons. The molecule has 0 N–H and O–H groups in total. The highest BCUT2D eigenvalue weighted by Gasteiger charge is 2.39. The van der Waals surface area contributed by atoms with Crippen LogP contribution in [-0.2, 0) is 10.9 Å². The Kier molecular flexibility index (Phi) is 6.32. The molecule has 1 saturated heterocycles. The van der Waals surface area contributed by atoms with Crippen molar-refractivity contribution in [2.75, 3.05) is 20.1 Å². The topological polar surface area (TPSA) is 49.9 Å². The zero-order valence-corrected chi connectivity index (χ0v) is 17.4. The molecule has 1 unspecified atom stereocenters. The van der Waals surface area contributed by atoms with Crippen molar-refractivity contribution in [2.45, 2.75) is 45.0 Å². The van der Waals surface area contributed by atoms with Gasteiger partial charge in [-0.2, -0.15) is 13.2 Å². The van der Waals surface area contributed by atoms with Crippen LogP contribution in [0.5, 0.6) is 0 Å². The summed E-state index contributed by atoms with van der Waals surface area (Å²) in [5, 5.41) is 0. The van der Waals surface area contributed by atoms with Crippen LogP contribution in [-0.4, -0.2) is 53.6 Å². The first-order chi connectivity index (χ1) is 12.7. The highest BCUT2D eigenvalue weighted by Crippen LogP contribution is 2.35. The molecular weight excluding hydrogens is 448 g/mol. The zero-order chi connectivity index (χ0) is 21.4. The van der Waals surface area contributed by atoms with Crippen LogP contribution < -0.4 is 0 Å². The van der Waals surface area contributed by atoms with E-state index in [1.807, 2.05) is 0 Å². The van der Waals surface area contributed by atoms with Gasteiger partial charge in [0.2, 0.25) is 0 Å². The van der Waals surface area contributed by atoms with E-state index in [4.69, 9.17) is 4.74 Å². The summed E-state index contributed by atoms with van der Waals surface area (Å²) >= 11 is 2.96. The van der Waals surface area contributed by atoms with Gasteiger partial charge in [-0.1, -0.05) is 0 Å². The zero-order valence-electron chi connectivity index (χ0n) is 15.9. The molecule has 0 radical (unpaired) electrons.